The van der Waals surface area contributed by atoms with Gasteiger partial charge in [-0.05, 0) is 51.2 Å². The van der Waals surface area contributed by atoms with Crippen LogP contribution in [0.4, 0.5) is 0 Å². The first kappa shape index (κ1) is 17.7. The van der Waals surface area contributed by atoms with Crippen molar-refractivity contribution in [1.82, 2.24) is 14.5 Å². The van der Waals surface area contributed by atoms with E-state index >= 15 is 0 Å². The van der Waals surface area contributed by atoms with Gasteiger partial charge in [-0.25, -0.2) is 9.97 Å². The quantitative estimate of drug-likeness (QED) is 0.291. The minimum atomic E-state index is -0.0983. The Morgan fingerprint density at radius 3 is 2.47 bits per heavy atom. The fourth-order valence-corrected chi connectivity index (χ4v) is 5.69. The fourth-order valence-electron chi connectivity index (χ4n) is 5.69. The van der Waals surface area contributed by atoms with E-state index in [0.29, 0.717) is 0 Å². The molecule has 1 aliphatic carbocycles. The number of aromatic nitrogens is 3. The van der Waals surface area contributed by atoms with E-state index in [0.717, 1.165) is 16.7 Å². The Bertz CT molecular complexity index is 1710. The number of rotatable bonds is 1. The molecule has 0 atom stereocenters. The average Bonchev–Trinajstić information content (AvgIpc) is 3.28. The van der Waals surface area contributed by atoms with Crippen LogP contribution in [-0.2, 0) is 5.41 Å². The molecule has 32 heavy (non-hydrogen) atoms. The van der Waals surface area contributed by atoms with E-state index in [9.17, 15) is 0 Å². The van der Waals surface area contributed by atoms with E-state index in [1.165, 1.54) is 43.9 Å². The van der Waals surface area contributed by atoms with E-state index in [-0.39, 0.29) is 5.41 Å². The molecule has 0 amide bonds. The second-order valence-corrected chi connectivity index (χ2v) is 9.18. The molecule has 2 aromatic heterocycles. The van der Waals surface area contributed by atoms with Crippen LogP contribution in [0.3, 0.4) is 0 Å². The van der Waals surface area contributed by atoms with Crippen LogP contribution in [0.2, 0.25) is 0 Å². The molecule has 152 valence electrons. The van der Waals surface area contributed by atoms with Crippen LogP contribution in [0.25, 0.3) is 49.5 Å². The summed E-state index contributed by atoms with van der Waals surface area (Å²) in [6.45, 7) is 4.66. The van der Waals surface area contributed by atoms with E-state index in [1.807, 2.05) is 6.20 Å². The smallest absolute Gasteiger partial charge is 0.116 e. The first-order valence-corrected chi connectivity index (χ1v) is 11.0. The maximum atomic E-state index is 4.79. The zero-order chi connectivity index (χ0) is 21.4. The van der Waals surface area contributed by atoms with Crippen molar-refractivity contribution in [3.8, 4) is 16.8 Å². The second kappa shape index (κ2) is 6.04. The van der Waals surface area contributed by atoms with E-state index < -0.39 is 0 Å². The SMILES string of the molecule is CC1(C)c2ccccc2-c2ccc3c(c21)c1ncncc1n3-c1ccc2ccccc2c1. The molecule has 0 fully saturated rings. The van der Waals surface area contributed by atoms with Gasteiger partial charge in [-0.3, -0.25) is 0 Å². The van der Waals surface area contributed by atoms with Crippen LogP contribution in [0.5, 0.6) is 0 Å². The minimum absolute atomic E-state index is 0.0983. The molecule has 0 bridgehead atoms. The highest BCUT2D eigenvalue weighted by molar-refractivity contribution is 6.12. The lowest BCUT2D eigenvalue weighted by Crippen LogP contribution is -2.15. The molecule has 0 aliphatic heterocycles. The van der Waals surface area contributed by atoms with Gasteiger partial charge < -0.3 is 4.57 Å². The summed E-state index contributed by atoms with van der Waals surface area (Å²) in [6.07, 6.45) is 3.61. The highest BCUT2D eigenvalue weighted by Gasteiger charge is 2.38. The third-order valence-electron chi connectivity index (χ3n) is 7.10. The lowest BCUT2D eigenvalue weighted by Gasteiger charge is -2.22. The Labute approximate surface area is 186 Å². The van der Waals surface area contributed by atoms with E-state index in [4.69, 9.17) is 4.98 Å². The molecule has 6 aromatic rings. The van der Waals surface area contributed by atoms with Crippen molar-refractivity contribution in [3.63, 3.8) is 0 Å². The van der Waals surface area contributed by atoms with Crippen molar-refractivity contribution in [2.75, 3.05) is 0 Å². The molecule has 3 heteroatoms. The van der Waals surface area contributed by atoms with Crippen molar-refractivity contribution < 1.29 is 0 Å². The topological polar surface area (TPSA) is 30.7 Å². The Kier molecular flexibility index (Phi) is 3.34. The summed E-state index contributed by atoms with van der Waals surface area (Å²) in [6, 6.07) is 28.5. The maximum Gasteiger partial charge on any atom is 0.116 e. The normalized spacial score (nSPS) is 14.2. The van der Waals surface area contributed by atoms with Gasteiger partial charge in [0.2, 0.25) is 0 Å². The monoisotopic (exact) mass is 411 g/mol. The summed E-state index contributed by atoms with van der Waals surface area (Å²) < 4.78 is 2.32. The Balaban J connectivity index is 1.64. The zero-order valence-corrected chi connectivity index (χ0v) is 18.0. The molecule has 2 heterocycles. The van der Waals surface area contributed by atoms with Gasteiger partial charge in [0, 0.05) is 16.5 Å². The van der Waals surface area contributed by atoms with Gasteiger partial charge in [0.25, 0.3) is 0 Å². The molecule has 0 saturated carbocycles. The predicted molar refractivity (Wildman–Crippen MR) is 131 cm³/mol. The van der Waals surface area contributed by atoms with Gasteiger partial charge >= 0.3 is 0 Å². The number of hydrogen-bond acceptors (Lipinski definition) is 2. The minimum Gasteiger partial charge on any atom is -0.306 e. The molecule has 0 spiro atoms. The zero-order valence-electron chi connectivity index (χ0n) is 18.0. The Morgan fingerprint density at radius 1 is 0.750 bits per heavy atom. The third kappa shape index (κ3) is 2.15. The first-order valence-electron chi connectivity index (χ1n) is 11.0. The second-order valence-electron chi connectivity index (χ2n) is 9.18. The van der Waals surface area contributed by atoms with E-state index in [1.54, 1.807) is 6.33 Å². The molecule has 0 saturated heterocycles. The lowest BCUT2D eigenvalue weighted by molar-refractivity contribution is 0.666. The van der Waals surface area contributed by atoms with Gasteiger partial charge in [0.1, 0.15) is 11.8 Å². The summed E-state index contributed by atoms with van der Waals surface area (Å²) in [5.41, 5.74) is 9.65. The van der Waals surface area contributed by atoms with Crippen LogP contribution in [0, 0.1) is 0 Å². The molecule has 7 rings (SSSR count). The van der Waals surface area contributed by atoms with Crippen LogP contribution in [-0.4, -0.2) is 14.5 Å². The molecule has 0 unspecified atom stereocenters. The summed E-state index contributed by atoms with van der Waals surface area (Å²) in [4.78, 5) is 9.19. The van der Waals surface area contributed by atoms with Gasteiger partial charge in [-0.2, -0.15) is 0 Å². The van der Waals surface area contributed by atoms with Gasteiger partial charge in [0.15, 0.2) is 0 Å². The van der Waals surface area contributed by atoms with Gasteiger partial charge in [0.05, 0.1) is 17.2 Å². The summed E-state index contributed by atoms with van der Waals surface area (Å²) >= 11 is 0. The Hall–Kier alpha value is -3.98. The number of fused-ring (bicyclic) bond motifs is 8. The van der Waals surface area contributed by atoms with Crippen LogP contribution in [0.15, 0.2) is 91.4 Å². The van der Waals surface area contributed by atoms with Crippen LogP contribution in [0.1, 0.15) is 25.0 Å². The molecule has 0 radical (unpaired) electrons. The Morgan fingerprint density at radius 2 is 1.56 bits per heavy atom. The van der Waals surface area contributed by atoms with E-state index in [2.05, 4.69) is 102 Å². The molecule has 3 nitrogen and oxygen atoms in total. The maximum absolute atomic E-state index is 4.79. The standard InChI is InChI=1S/C29H21N3/c1-29(2)23-10-6-5-9-21(23)22-13-14-24-26(27(22)29)28-25(16-30-17-31-28)32(24)20-12-11-18-7-3-4-8-19(18)15-20/h3-17H,1-2H3. The molecular formula is C29H21N3. The number of hydrogen-bond donors (Lipinski definition) is 0. The molecule has 0 N–H and O–H groups in total. The van der Waals surface area contributed by atoms with Crippen molar-refractivity contribution in [1.29, 1.82) is 0 Å². The highest BCUT2D eigenvalue weighted by Crippen LogP contribution is 2.52. The third-order valence-corrected chi connectivity index (χ3v) is 7.10. The lowest BCUT2D eigenvalue weighted by atomic mass is 9.81. The van der Waals surface area contributed by atoms with Crippen molar-refractivity contribution in [2.24, 2.45) is 0 Å². The number of nitrogens with zero attached hydrogens (tertiary/aromatic N) is 3. The van der Waals surface area contributed by atoms with Gasteiger partial charge in [-0.15, -0.1) is 0 Å². The molecule has 4 aromatic carbocycles. The molecular weight excluding hydrogens is 390 g/mol. The van der Waals surface area contributed by atoms with Crippen molar-refractivity contribution in [2.45, 2.75) is 19.3 Å². The highest BCUT2D eigenvalue weighted by atomic mass is 15.0. The first-order chi connectivity index (χ1) is 15.6. The van der Waals surface area contributed by atoms with Crippen molar-refractivity contribution in [3.05, 3.63) is 103 Å². The number of benzene rings is 4. The van der Waals surface area contributed by atoms with Crippen molar-refractivity contribution >= 4 is 32.7 Å². The predicted octanol–water partition coefficient (Wildman–Crippen LogP) is 7.03. The molecule has 1 aliphatic rings. The largest absolute Gasteiger partial charge is 0.306 e. The van der Waals surface area contributed by atoms with Crippen LogP contribution >= 0.6 is 0 Å². The summed E-state index contributed by atoms with van der Waals surface area (Å²) in [7, 11) is 0. The summed E-state index contributed by atoms with van der Waals surface area (Å²) in [5, 5.41) is 3.70. The fraction of sp³-hybridized carbons (Fsp3) is 0.103. The van der Waals surface area contributed by atoms with Gasteiger partial charge in [-0.1, -0.05) is 74.5 Å². The van der Waals surface area contributed by atoms with Crippen LogP contribution < -0.4 is 0 Å². The summed E-state index contributed by atoms with van der Waals surface area (Å²) in [5.74, 6) is 0. The average molecular weight is 412 g/mol.